The number of fused-ring (bicyclic) bond motifs is 1. The molecule has 3 heterocycles. The Morgan fingerprint density at radius 1 is 1.12 bits per heavy atom. The van der Waals surface area contributed by atoms with E-state index >= 15 is 0 Å². The lowest BCUT2D eigenvalue weighted by molar-refractivity contribution is 0.0667. The molecule has 128 valence electrons. The molecule has 2 aliphatic rings. The maximum atomic E-state index is 13.2. The van der Waals surface area contributed by atoms with Gasteiger partial charge in [-0.3, -0.25) is 4.79 Å². The molecule has 0 N–H and O–H groups in total. The largest absolute Gasteiger partial charge is 0.334 e. The molecule has 2 saturated heterocycles. The Morgan fingerprint density at radius 2 is 1.96 bits per heavy atom. The van der Waals surface area contributed by atoms with Gasteiger partial charge in [0.15, 0.2) is 0 Å². The molecule has 1 aromatic carbocycles. The first-order chi connectivity index (χ1) is 11.8. The van der Waals surface area contributed by atoms with Crippen molar-refractivity contribution in [1.29, 1.82) is 0 Å². The molecule has 0 radical (unpaired) electrons. The number of carbonyl (C=O) groups excluding carboxylic acids is 1. The van der Waals surface area contributed by atoms with Gasteiger partial charge < -0.3 is 9.80 Å². The second-order valence-corrected chi connectivity index (χ2v) is 8.23. The van der Waals surface area contributed by atoms with Gasteiger partial charge in [-0.15, -0.1) is 0 Å². The predicted octanol–water partition coefficient (Wildman–Crippen LogP) is 2.73. The van der Waals surface area contributed by atoms with E-state index in [1.807, 2.05) is 30.0 Å². The Morgan fingerprint density at radius 3 is 2.83 bits per heavy atom. The highest BCUT2D eigenvalue weighted by Gasteiger charge is 2.29. The summed E-state index contributed by atoms with van der Waals surface area (Å²) in [6.07, 6.45) is 3.66. The summed E-state index contributed by atoms with van der Waals surface area (Å²) in [5.41, 5.74) is 2.44. The zero-order valence-corrected chi connectivity index (χ0v) is 15.3. The smallest absolute Gasteiger partial charge is 0.254 e. The van der Waals surface area contributed by atoms with Crippen LogP contribution >= 0.6 is 23.5 Å². The number of amides is 1. The van der Waals surface area contributed by atoms with Gasteiger partial charge in [-0.05, 0) is 56.3 Å². The zero-order valence-electron chi connectivity index (χ0n) is 13.7. The van der Waals surface area contributed by atoms with E-state index in [1.165, 1.54) is 37.7 Å². The fourth-order valence-electron chi connectivity index (χ4n) is 3.59. The molecule has 24 heavy (non-hydrogen) atoms. The normalized spacial score (nSPS) is 22.8. The van der Waals surface area contributed by atoms with Crippen molar-refractivity contribution in [2.24, 2.45) is 0 Å². The lowest BCUT2D eigenvalue weighted by Gasteiger charge is -2.32. The molecule has 2 aromatic rings. The van der Waals surface area contributed by atoms with Crippen LogP contribution in [0.5, 0.6) is 0 Å². The zero-order chi connectivity index (χ0) is 16.4. The number of nitrogens with zero attached hydrogens (tertiary/aromatic N) is 4. The average Bonchev–Trinajstić information content (AvgIpc) is 3.22. The first-order valence-corrected chi connectivity index (χ1v) is 10.5. The molecule has 0 bridgehead atoms. The van der Waals surface area contributed by atoms with Gasteiger partial charge in [0.1, 0.15) is 11.0 Å². The van der Waals surface area contributed by atoms with Crippen LogP contribution < -0.4 is 0 Å². The van der Waals surface area contributed by atoms with Crippen molar-refractivity contribution in [3.8, 4) is 0 Å². The number of benzene rings is 1. The standard InChI is InChI=1S/C17H22N4OS2/c22-17(13-4-5-15-16(10-13)19-24-18-15)21-8-3-9-23-12-14(21)11-20-6-1-2-7-20/h4-5,10,14H,1-3,6-9,11-12H2. The SMILES string of the molecule is O=C(c1ccc2nsnc2c1)N1CCCSCC1CN1CCCC1. The molecular formula is C17H22N4OS2. The van der Waals surface area contributed by atoms with Crippen molar-refractivity contribution < 1.29 is 4.79 Å². The van der Waals surface area contributed by atoms with Gasteiger partial charge in [0.25, 0.3) is 5.91 Å². The summed E-state index contributed by atoms with van der Waals surface area (Å²) in [6.45, 7) is 4.23. The predicted molar refractivity (Wildman–Crippen MR) is 99.9 cm³/mol. The molecule has 2 aliphatic heterocycles. The van der Waals surface area contributed by atoms with E-state index in [2.05, 4.69) is 18.5 Å². The monoisotopic (exact) mass is 362 g/mol. The van der Waals surface area contributed by atoms with E-state index in [1.54, 1.807) is 0 Å². The molecule has 0 aliphatic carbocycles. The number of rotatable bonds is 3. The van der Waals surface area contributed by atoms with Crippen molar-refractivity contribution in [3.63, 3.8) is 0 Å². The molecule has 7 heteroatoms. The molecule has 4 rings (SSSR count). The van der Waals surface area contributed by atoms with Gasteiger partial charge in [0.2, 0.25) is 0 Å². The lowest BCUT2D eigenvalue weighted by atomic mass is 10.1. The Kier molecular flexibility index (Phi) is 5.01. The quantitative estimate of drug-likeness (QED) is 0.840. The minimum Gasteiger partial charge on any atom is -0.334 e. The van der Waals surface area contributed by atoms with Crippen LogP contribution in [0.15, 0.2) is 18.2 Å². The van der Waals surface area contributed by atoms with E-state index in [0.717, 1.165) is 47.6 Å². The third kappa shape index (κ3) is 3.43. The molecule has 0 saturated carbocycles. The number of likely N-dealkylation sites (tertiary alicyclic amines) is 1. The molecule has 0 spiro atoms. The Bertz CT molecular complexity index is 713. The third-order valence-corrected chi connectivity index (χ3v) is 6.62. The van der Waals surface area contributed by atoms with Crippen molar-refractivity contribution in [1.82, 2.24) is 18.5 Å². The van der Waals surface area contributed by atoms with Crippen LogP contribution in [-0.4, -0.2) is 68.2 Å². The molecule has 5 nitrogen and oxygen atoms in total. The van der Waals surface area contributed by atoms with Gasteiger partial charge in [-0.1, -0.05) is 0 Å². The molecule has 2 fully saturated rings. The Hall–Kier alpha value is -1.18. The van der Waals surface area contributed by atoms with Crippen LogP contribution in [0.3, 0.4) is 0 Å². The van der Waals surface area contributed by atoms with Gasteiger partial charge in [0.05, 0.1) is 17.8 Å². The van der Waals surface area contributed by atoms with Crippen LogP contribution in [0.25, 0.3) is 11.0 Å². The molecular weight excluding hydrogens is 340 g/mol. The van der Waals surface area contributed by atoms with Crippen molar-refractivity contribution in [3.05, 3.63) is 23.8 Å². The highest BCUT2D eigenvalue weighted by molar-refractivity contribution is 7.99. The fraction of sp³-hybridized carbons (Fsp3) is 0.588. The van der Waals surface area contributed by atoms with Gasteiger partial charge in [-0.25, -0.2) is 0 Å². The summed E-state index contributed by atoms with van der Waals surface area (Å²) in [7, 11) is 0. The number of aromatic nitrogens is 2. The third-order valence-electron chi connectivity index (χ3n) is 4.87. The summed E-state index contributed by atoms with van der Waals surface area (Å²) in [6, 6.07) is 6.02. The molecule has 1 amide bonds. The Balaban J connectivity index is 1.56. The minimum absolute atomic E-state index is 0.150. The first-order valence-electron chi connectivity index (χ1n) is 8.65. The number of carbonyl (C=O) groups is 1. The lowest BCUT2D eigenvalue weighted by Crippen LogP contribution is -2.47. The molecule has 1 unspecified atom stereocenters. The summed E-state index contributed by atoms with van der Waals surface area (Å²) in [5.74, 6) is 2.34. The van der Waals surface area contributed by atoms with Crippen LogP contribution in [0, 0.1) is 0 Å². The topological polar surface area (TPSA) is 49.3 Å². The highest BCUT2D eigenvalue weighted by atomic mass is 32.2. The Labute approximate surface area is 150 Å². The number of hydrogen-bond donors (Lipinski definition) is 0. The number of hydrogen-bond acceptors (Lipinski definition) is 6. The minimum atomic E-state index is 0.150. The number of thioether (sulfide) groups is 1. The van der Waals surface area contributed by atoms with Gasteiger partial charge >= 0.3 is 0 Å². The highest BCUT2D eigenvalue weighted by Crippen LogP contribution is 2.22. The van der Waals surface area contributed by atoms with Gasteiger partial charge in [-0.2, -0.15) is 20.5 Å². The second-order valence-electron chi connectivity index (χ2n) is 6.56. The molecule has 1 atom stereocenters. The van der Waals surface area contributed by atoms with Crippen LogP contribution in [0.2, 0.25) is 0 Å². The van der Waals surface area contributed by atoms with E-state index in [9.17, 15) is 4.79 Å². The van der Waals surface area contributed by atoms with E-state index < -0.39 is 0 Å². The van der Waals surface area contributed by atoms with E-state index in [4.69, 9.17) is 0 Å². The van der Waals surface area contributed by atoms with Crippen molar-refractivity contribution in [2.75, 3.05) is 37.7 Å². The van der Waals surface area contributed by atoms with Crippen LogP contribution in [-0.2, 0) is 0 Å². The van der Waals surface area contributed by atoms with Crippen LogP contribution in [0.4, 0.5) is 0 Å². The summed E-state index contributed by atoms with van der Waals surface area (Å²) in [4.78, 5) is 17.8. The van der Waals surface area contributed by atoms with Crippen molar-refractivity contribution in [2.45, 2.75) is 25.3 Å². The summed E-state index contributed by atoms with van der Waals surface area (Å²) >= 11 is 3.19. The summed E-state index contributed by atoms with van der Waals surface area (Å²) < 4.78 is 8.50. The second kappa shape index (κ2) is 7.37. The van der Waals surface area contributed by atoms with Crippen LogP contribution in [0.1, 0.15) is 29.6 Å². The average molecular weight is 363 g/mol. The maximum absolute atomic E-state index is 13.2. The maximum Gasteiger partial charge on any atom is 0.254 e. The van der Waals surface area contributed by atoms with E-state index in [-0.39, 0.29) is 5.91 Å². The fourth-order valence-corrected chi connectivity index (χ4v) is 5.17. The summed E-state index contributed by atoms with van der Waals surface area (Å²) in [5, 5.41) is 0. The van der Waals surface area contributed by atoms with Crippen molar-refractivity contribution >= 4 is 40.4 Å². The molecule has 1 aromatic heterocycles. The first kappa shape index (κ1) is 16.3. The van der Waals surface area contributed by atoms with Gasteiger partial charge in [0, 0.05) is 24.4 Å². The van der Waals surface area contributed by atoms with E-state index in [0.29, 0.717) is 6.04 Å².